The second-order valence-electron chi connectivity index (χ2n) is 6.57. The van der Waals surface area contributed by atoms with Gasteiger partial charge in [0.15, 0.2) is 0 Å². The third-order valence-electron chi connectivity index (χ3n) is 4.85. The maximum absolute atomic E-state index is 2.68. The average Bonchev–Trinajstić information content (AvgIpc) is 2.48. The predicted molar refractivity (Wildman–Crippen MR) is 83.7 cm³/mol. The number of hydrogen-bond donors (Lipinski definition) is 0. The Kier molecular flexibility index (Phi) is 7.87. The number of piperidine rings is 2. The van der Waals surface area contributed by atoms with Crippen molar-refractivity contribution in [3.05, 3.63) is 0 Å². The van der Waals surface area contributed by atoms with Crippen LogP contribution in [0.3, 0.4) is 0 Å². The van der Waals surface area contributed by atoms with Gasteiger partial charge < -0.3 is 9.80 Å². The van der Waals surface area contributed by atoms with Gasteiger partial charge in [0.2, 0.25) is 0 Å². The molecule has 112 valence electrons. The van der Waals surface area contributed by atoms with Gasteiger partial charge in [-0.25, -0.2) is 0 Å². The van der Waals surface area contributed by atoms with Crippen LogP contribution in [0.5, 0.6) is 0 Å². The molecule has 0 bridgehead atoms. The maximum Gasteiger partial charge on any atom is -0.00187 e. The minimum Gasteiger partial charge on any atom is -0.303 e. The van der Waals surface area contributed by atoms with E-state index in [1.54, 1.807) is 0 Å². The molecular weight excluding hydrogens is 232 g/mol. The molecule has 19 heavy (non-hydrogen) atoms. The van der Waals surface area contributed by atoms with Gasteiger partial charge in [0.05, 0.1) is 0 Å². The van der Waals surface area contributed by atoms with Crippen molar-refractivity contribution in [3.8, 4) is 0 Å². The second kappa shape index (κ2) is 9.77. The van der Waals surface area contributed by atoms with Crippen LogP contribution in [0.15, 0.2) is 0 Å². The zero-order chi connectivity index (χ0) is 13.2. The van der Waals surface area contributed by atoms with Gasteiger partial charge in [-0.2, -0.15) is 0 Å². The molecule has 0 N–H and O–H groups in total. The summed E-state index contributed by atoms with van der Waals surface area (Å²) in [7, 11) is 0. The molecule has 0 aromatic heterocycles. The SMILES string of the molecule is C(CCCN1CCCCC1)CCCN1CCCCC1. The lowest BCUT2D eigenvalue weighted by molar-refractivity contribution is 0.219. The molecule has 0 amide bonds. The topological polar surface area (TPSA) is 6.48 Å². The minimum atomic E-state index is 1.37. The standard InChI is InChI=1S/C17H34N2/c1(2-6-12-18-14-8-4-9-15-18)3-7-13-19-16-10-5-11-17-19/h1-17H2. The van der Waals surface area contributed by atoms with Crippen molar-refractivity contribution in [2.75, 3.05) is 39.3 Å². The van der Waals surface area contributed by atoms with Gasteiger partial charge in [-0.05, 0) is 77.8 Å². The molecule has 0 atom stereocenters. The molecular formula is C17H34N2. The fourth-order valence-electron chi connectivity index (χ4n) is 3.57. The van der Waals surface area contributed by atoms with Crippen LogP contribution in [0.1, 0.15) is 70.6 Å². The first kappa shape index (κ1) is 15.3. The largest absolute Gasteiger partial charge is 0.303 e. The number of nitrogens with zero attached hydrogens (tertiary/aromatic N) is 2. The Morgan fingerprint density at radius 2 is 0.789 bits per heavy atom. The molecule has 2 fully saturated rings. The van der Waals surface area contributed by atoms with Gasteiger partial charge in [-0.3, -0.25) is 0 Å². The summed E-state index contributed by atoms with van der Waals surface area (Å²) in [6.07, 6.45) is 15.9. The highest BCUT2D eigenvalue weighted by atomic mass is 15.1. The Morgan fingerprint density at radius 3 is 1.21 bits per heavy atom. The Bertz CT molecular complexity index is 183. The molecule has 2 aliphatic rings. The fraction of sp³-hybridized carbons (Fsp3) is 1.00. The summed E-state index contributed by atoms with van der Waals surface area (Å²) in [4.78, 5) is 5.36. The first-order valence-corrected chi connectivity index (χ1v) is 8.90. The number of hydrogen-bond acceptors (Lipinski definition) is 2. The Morgan fingerprint density at radius 1 is 0.421 bits per heavy atom. The van der Waals surface area contributed by atoms with Crippen LogP contribution in [0.4, 0.5) is 0 Å². The third kappa shape index (κ3) is 6.76. The van der Waals surface area contributed by atoms with Gasteiger partial charge >= 0.3 is 0 Å². The second-order valence-corrected chi connectivity index (χ2v) is 6.57. The summed E-state index contributed by atoms with van der Waals surface area (Å²) < 4.78 is 0. The van der Waals surface area contributed by atoms with Crippen molar-refractivity contribution < 1.29 is 0 Å². The van der Waals surface area contributed by atoms with E-state index in [-0.39, 0.29) is 0 Å². The van der Waals surface area contributed by atoms with E-state index in [1.165, 1.54) is 110 Å². The van der Waals surface area contributed by atoms with Crippen LogP contribution < -0.4 is 0 Å². The van der Waals surface area contributed by atoms with Crippen molar-refractivity contribution >= 4 is 0 Å². The maximum atomic E-state index is 2.68. The molecule has 0 aromatic carbocycles. The predicted octanol–water partition coefficient (Wildman–Crippen LogP) is 3.91. The molecule has 0 radical (unpaired) electrons. The first-order chi connectivity index (χ1) is 9.45. The van der Waals surface area contributed by atoms with E-state index in [0.29, 0.717) is 0 Å². The molecule has 2 saturated heterocycles. The summed E-state index contributed by atoms with van der Waals surface area (Å²) >= 11 is 0. The fourth-order valence-corrected chi connectivity index (χ4v) is 3.57. The van der Waals surface area contributed by atoms with Gasteiger partial charge in [0.1, 0.15) is 0 Å². The van der Waals surface area contributed by atoms with Crippen molar-refractivity contribution in [1.82, 2.24) is 9.80 Å². The molecule has 2 heterocycles. The van der Waals surface area contributed by atoms with Crippen LogP contribution in [0, 0.1) is 0 Å². The Labute approximate surface area is 120 Å². The van der Waals surface area contributed by atoms with Crippen molar-refractivity contribution in [2.24, 2.45) is 0 Å². The summed E-state index contributed by atoms with van der Waals surface area (Å²) in [5.41, 5.74) is 0. The molecule has 0 saturated carbocycles. The van der Waals surface area contributed by atoms with Crippen molar-refractivity contribution in [2.45, 2.75) is 70.6 Å². The van der Waals surface area contributed by atoms with Gasteiger partial charge in [-0.15, -0.1) is 0 Å². The normalized spacial score (nSPS) is 22.7. The monoisotopic (exact) mass is 266 g/mol. The molecule has 0 spiro atoms. The van der Waals surface area contributed by atoms with Crippen LogP contribution in [-0.2, 0) is 0 Å². The highest BCUT2D eigenvalue weighted by Gasteiger charge is 2.10. The average molecular weight is 266 g/mol. The zero-order valence-electron chi connectivity index (χ0n) is 12.9. The van der Waals surface area contributed by atoms with Crippen LogP contribution in [-0.4, -0.2) is 49.1 Å². The minimum absolute atomic E-state index is 1.37. The van der Waals surface area contributed by atoms with E-state index in [0.717, 1.165) is 0 Å². The summed E-state index contributed by atoms with van der Waals surface area (Å²) in [6, 6.07) is 0. The highest BCUT2D eigenvalue weighted by molar-refractivity contribution is 4.65. The number of unbranched alkanes of at least 4 members (excludes halogenated alkanes) is 4. The number of likely N-dealkylation sites (tertiary alicyclic amines) is 2. The van der Waals surface area contributed by atoms with E-state index < -0.39 is 0 Å². The lowest BCUT2D eigenvalue weighted by Crippen LogP contribution is -2.30. The highest BCUT2D eigenvalue weighted by Crippen LogP contribution is 2.12. The van der Waals surface area contributed by atoms with Crippen LogP contribution >= 0.6 is 0 Å². The first-order valence-electron chi connectivity index (χ1n) is 8.90. The van der Waals surface area contributed by atoms with Gasteiger partial charge in [0.25, 0.3) is 0 Å². The number of rotatable bonds is 8. The summed E-state index contributed by atoms with van der Waals surface area (Å²) in [5.74, 6) is 0. The quantitative estimate of drug-likeness (QED) is 0.615. The van der Waals surface area contributed by atoms with E-state index in [1.807, 2.05) is 0 Å². The van der Waals surface area contributed by atoms with E-state index in [2.05, 4.69) is 9.80 Å². The zero-order valence-corrected chi connectivity index (χ0v) is 12.9. The van der Waals surface area contributed by atoms with E-state index >= 15 is 0 Å². The summed E-state index contributed by atoms with van der Waals surface area (Å²) in [5, 5.41) is 0. The van der Waals surface area contributed by atoms with Gasteiger partial charge in [0, 0.05) is 0 Å². The summed E-state index contributed by atoms with van der Waals surface area (Å²) in [6.45, 7) is 8.21. The van der Waals surface area contributed by atoms with E-state index in [4.69, 9.17) is 0 Å². The van der Waals surface area contributed by atoms with E-state index in [9.17, 15) is 0 Å². The van der Waals surface area contributed by atoms with Gasteiger partial charge in [-0.1, -0.05) is 32.1 Å². The Balaban J connectivity index is 1.35. The molecule has 2 aliphatic heterocycles. The molecule has 2 nitrogen and oxygen atoms in total. The lowest BCUT2D eigenvalue weighted by atomic mass is 10.1. The lowest BCUT2D eigenvalue weighted by Gasteiger charge is -2.26. The van der Waals surface area contributed by atoms with Crippen molar-refractivity contribution in [3.63, 3.8) is 0 Å². The molecule has 2 heteroatoms. The third-order valence-corrected chi connectivity index (χ3v) is 4.85. The smallest absolute Gasteiger partial charge is 0.00187 e. The Hall–Kier alpha value is -0.0800. The van der Waals surface area contributed by atoms with Crippen molar-refractivity contribution in [1.29, 1.82) is 0 Å². The molecule has 0 unspecified atom stereocenters. The van der Waals surface area contributed by atoms with Crippen LogP contribution in [0.2, 0.25) is 0 Å². The molecule has 0 aliphatic carbocycles. The molecule has 0 aromatic rings. The van der Waals surface area contributed by atoms with Crippen LogP contribution in [0.25, 0.3) is 0 Å². The molecule has 2 rings (SSSR count).